The summed E-state index contributed by atoms with van der Waals surface area (Å²) in [7, 11) is 0. The Bertz CT molecular complexity index is 483. The Labute approximate surface area is 128 Å². The Morgan fingerprint density at radius 2 is 2.10 bits per heavy atom. The van der Waals surface area contributed by atoms with Gasteiger partial charge in [0.15, 0.2) is 0 Å². The van der Waals surface area contributed by atoms with Crippen LogP contribution in [0, 0.1) is 0 Å². The van der Waals surface area contributed by atoms with E-state index in [1.807, 2.05) is 18.2 Å². The molecule has 5 heteroatoms. The summed E-state index contributed by atoms with van der Waals surface area (Å²) < 4.78 is 1.01. The van der Waals surface area contributed by atoms with Crippen molar-refractivity contribution in [1.82, 2.24) is 5.32 Å². The minimum atomic E-state index is -0.453. The van der Waals surface area contributed by atoms with Crippen LogP contribution in [0.5, 0.6) is 0 Å². The first-order valence-corrected chi connectivity index (χ1v) is 7.76. The summed E-state index contributed by atoms with van der Waals surface area (Å²) in [5, 5.41) is 12.6. The van der Waals surface area contributed by atoms with Gasteiger partial charge in [-0.2, -0.15) is 0 Å². The van der Waals surface area contributed by atoms with Crippen LogP contribution in [0.4, 0.5) is 5.69 Å². The summed E-state index contributed by atoms with van der Waals surface area (Å²) in [5.74, 6) is 0.0471. The first-order valence-electron chi connectivity index (χ1n) is 6.97. The highest BCUT2D eigenvalue weighted by atomic mass is 79.9. The van der Waals surface area contributed by atoms with Gasteiger partial charge in [-0.05, 0) is 53.4 Å². The lowest BCUT2D eigenvalue weighted by Gasteiger charge is -2.34. The number of aliphatic hydroxyl groups is 1. The van der Waals surface area contributed by atoms with Gasteiger partial charge in [-0.1, -0.05) is 6.07 Å². The van der Waals surface area contributed by atoms with Crippen molar-refractivity contribution >= 4 is 27.5 Å². The van der Waals surface area contributed by atoms with Gasteiger partial charge in [-0.15, -0.1) is 0 Å². The molecule has 1 aromatic rings. The molecule has 110 valence electrons. The van der Waals surface area contributed by atoms with Gasteiger partial charge in [-0.3, -0.25) is 4.79 Å². The van der Waals surface area contributed by atoms with Crippen molar-refractivity contribution in [3.8, 4) is 0 Å². The predicted octanol–water partition coefficient (Wildman–Crippen LogP) is 2.61. The van der Waals surface area contributed by atoms with E-state index in [1.165, 1.54) is 0 Å². The average molecular weight is 341 g/mol. The number of nitrogens with zero attached hydrogens (tertiary/aromatic N) is 1. The molecule has 1 fully saturated rings. The highest BCUT2D eigenvalue weighted by Gasteiger charge is 2.21. The molecular formula is C15H21BrN2O2. The van der Waals surface area contributed by atoms with Gasteiger partial charge in [0, 0.05) is 30.5 Å². The summed E-state index contributed by atoms with van der Waals surface area (Å²) in [6.07, 6.45) is 1.47. The Balaban J connectivity index is 2.02. The fraction of sp³-hybridized carbons (Fsp3) is 0.533. The molecule has 2 N–H and O–H groups in total. The Morgan fingerprint density at radius 1 is 1.45 bits per heavy atom. The molecule has 0 bridgehead atoms. The quantitative estimate of drug-likeness (QED) is 0.889. The molecule has 1 amide bonds. The van der Waals surface area contributed by atoms with Crippen LogP contribution >= 0.6 is 15.9 Å². The fourth-order valence-electron chi connectivity index (χ4n) is 2.59. The van der Waals surface area contributed by atoms with Crippen molar-refractivity contribution in [2.45, 2.75) is 38.8 Å². The second-order valence-corrected chi connectivity index (χ2v) is 6.20. The molecule has 1 aromatic carbocycles. The molecular weight excluding hydrogens is 320 g/mol. The molecule has 0 aliphatic carbocycles. The number of benzene rings is 1. The van der Waals surface area contributed by atoms with Crippen LogP contribution < -0.4 is 10.2 Å². The molecule has 0 radical (unpaired) electrons. The van der Waals surface area contributed by atoms with Crippen molar-refractivity contribution in [1.29, 1.82) is 0 Å². The minimum Gasteiger partial charge on any atom is -0.389 e. The summed E-state index contributed by atoms with van der Waals surface area (Å²) in [6, 6.07) is 6.27. The molecule has 1 atom stereocenters. The number of amides is 1. The van der Waals surface area contributed by atoms with E-state index in [-0.39, 0.29) is 5.91 Å². The van der Waals surface area contributed by atoms with Gasteiger partial charge < -0.3 is 15.3 Å². The Hall–Kier alpha value is -1.07. The first-order chi connectivity index (χ1) is 9.47. The van der Waals surface area contributed by atoms with Crippen LogP contribution in [-0.2, 0) is 4.79 Å². The molecule has 1 aliphatic heterocycles. The summed E-state index contributed by atoms with van der Waals surface area (Å²) >= 11 is 3.58. The van der Waals surface area contributed by atoms with Crippen LogP contribution in [0.25, 0.3) is 0 Å². The normalized spacial score (nSPS) is 17.9. The van der Waals surface area contributed by atoms with Gasteiger partial charge in [0.1, 0.15) is 0 Å². The monoisotopic (exact) mass is 340 g/mol. The highest BCUT2D eigenvalue weighted by Crippen LogP contribution is 2.31. The number of halogens is 1. The maximum atomic E-state index is 11.1. The third-order valence-electron chi connectivity index (χ3n) is 3.70. The van der Waals surface area contributed by atoms with Crippen molar-refractivity contribution < 1.29 is 9.90 Å². The maximum Gasteiger partial charge on any atom is 0.217 e. The number of hydrogen-bond acceptors (Lipinski definition) is 3. The number of rotatable bonds is 3. The van der Waals surface area contributed by atoms with Gasteiger partial charge in [-0.25, -0.2) is 0 Å². The van der Waals surface area contributed by atoms with Crippen molar-refractivity contribution in [3.05, 3.63) is 28.2 Å². The predicted molar refractivity (Wildman–Crippen MR) is 83.8 cm³/mol. The van der Waals surface area contributed by atoms with E-state index in [9.17, 15) is 9.90 Å². The second kappa shape index (κ2) is 6.59. The second-order valence-electron chi connectivity index (χ2n) is 5.35. The zero-order valence-corrected chi connectivity index (χ0v) is 13.5. The lowest BCUT2D eigenvalue weighted by Crippen LogP contribution is -2.44. The van der Waals surface area contributed by atoms with E-state index >= 15 is 0 Å². The minimum absolute atomic E-state index is 0.0471. The van der Waals surface area contributed by atoms with E-state index < -0.39 is 6.10 Å². The van der Waals surface area contributed by atoms with Crippen LogP contribution in [0.3, 0.4) is 0 Å². The molecule has 4 nitrogen and oxygen atoms in total. The molecule has 1 aliphatic rings. The number of nitrogens with one attached hydrogen (secondary N) is 1. The highest BCUT2D eigenvalue weighted by molar-refractivity contribution is 9.10. The van der Waals surface area contributed by atoms with Crippen LogP contribution in [-0.4, -0.2) is 30.1 Å². The third kappa shape index (κ3) is 3.73. The standard InChI is InChI=1S/C15H21BrN2O2/c1-10(19)12-3-4-15(14(16)9-12)18-7-5-13(6-8-18)17-11(2)20/h3-4,9-10,13,19H,5-8H2,1-2H3,(H,17,20)/t10-/m1/s1. The van der Waals surface area contributed by atoms with Gasteiger partial charge in [0.05, 0.1) is 11.8 Å². The van der Waals surface area contributed by atoms with Crippen molar-refractivity contribution in [2.75, 3.05) is 18.0 Å². The summed E-state index contributed by atoms with van der Waals surface area (Å²) in [5.41, 5.74) is 2.06. The van der Waals surface area contributed by atoms with E-state index in [4.69, 9.17) is 0 Å². The van der Waals surface area contributed by atoms with Gasteiger partial charge in [0.2, 0.25) is 5.91 Å². The zero-order chi connectivity index (χ0) is 14.7. The fourth-order valence-corrected chi connectivity index (χ4v) is 3.24. The van der Waals surface area contributed by atoms with Crippen LogP contribution in [0.1, 0.15) is 38.4 Å². The smallest absolute Gasteiger partial charge is 0.217 e. The molecule has 0 unspecified atom stereocenters. The van der Waals surface area contributed by atoms with E-state index in [0.717, 1.165) is 41.7 Å². The Morgan fingerprint density at radius 3 is 2.60 bits per heavy atom. The van der Waals surface area contributed by atoms with E-state index in [2.05, 4.69) is 26.1 Å². The molecule has 0 aromatic heterocycles. The number of piperidine rings is 1. The number of hydrogen-bond donors (Lipinski definition) is 2. The molecule has 1 heterocycles. The largest absolute Gasteiger partial charge is 0.389 e. The molecule has 1 saturated heterocycles. The number of carbonyl (C=O) groups is 1. The molecule has 2 rings (SSSR count). The Kier molecular flexibility index (Phi) is 5.05. The number of aliphatic hydroxyl groups excluding tert-OH is 1. The zero-order valence-electron chi connectivity index (χ0n) is 11.9. The van der Waals surface area contributed by atoms with Crippen molar-refractivity contribution in [2.24, 2.45) is 0 Å². The van der Waals surface area contributed by atoms with E-state index in [0.29, 0.717) is 6.04 Å². The van der Waals surface area contributed by atoms with Crippen LogP contribution in [0.15, 0.2) is 22.7 Å². The lowest BCUT2D eigenvalue weighted by molar-refractivity contribution is -0.119. The SMILES string of the molecule is CC(=O)NC1CCN(c2ccc([C@@H](C)O)cc2Br)CC1. The number of anilines is 1. The summed E-state index contributed by atoms with van der Waals surface area (Å²) in [6.45, 7) is 5.19. The molecule has 20 heavy (non-hydrogen) atoms. The van der Waals surface area contributed by atoms with Gasteiger partial charge in [0.25, 0.3) is 0 Å². The topological polar surface area (TPSA) is 52.6 Å². The summed E-state index contributed by atoms with van der Waals surface area (Å²) in [4.78, 5) is 13.4. The van der Waals surface area contributed by atoms with E-state index in [1.54, 1.807) is 13.8 Å². The molecule has 0 spiro atoms. The lowest BCUT2D eigenvalue weighted by atomic mass is 10.0. The first kappa shape index (κ1) is 15.3. The van der Waals surface area contributed by atoms with Gasteiger partial charge >= 0.3 is 0 Å². The third-order valence-corrected chi connectivity index (χ3v) is 4.33. The maximum absolute atomic E-state index is 11.1. The molecule has 0 saturated carbocycles. The average Bonchev–Trinajstić information content (AvgIpc) is 2.39. The van der Waals surface area contributed by atoms with Crippen LogP contribution in [0.2, 0.25) is 0 Å². The van der Waals surface area contributed by atoms with Crippen molar-refractivity contribution in [3.63, 3.8) is 0 Å². The number of carbonyl (C=O) groups excluding carboxylic acids is 1.